The SMILES string of the molecule is CN(C)c1cccc(C(=O)NNC(=O)CCc2ccsc2)c1. The molecule has 2 rings (SSSR count). The van der Waals surface area contributed by atoms with Crippen LogP contribution in [-0.4, -0.2) is 25.9 Å². The van der Waals surface area contributed by atoms with Crippen LogP contribution in [0.3, 0.4) is 0 Å². The maximum Gasteiger partial charge on any atom is 0.269 e. The zero-order valence-corrected chi connectivity index (χ0v) is 13.4. The van der Waals surface area contributed by atoms with E-state index >= 15 is 0 Å². The first kappa shape index (κ1) is 16.0. The fraction of sp³-hybridized carbons (Fsp3) is 0.250. The third-order valence-corrected chi connectivity index (χ3v) is 3.89. The van der Waals surface area contributed by atoms with Gasteiger partial charge in [-0.15, -0.1) is 0 Å². The number of aryl methyl sites for hydroxylation is 1. The molecule has 5 nitrogen and oxygen atoms in total. The van der Waals surface area contributed by atoms with E-state index in [1.54, 1.807) is 23.5 Å². The average Bonchev–Trinajstić information content (AvgIpc) is 3.04. The number of carbonyl (C=O) groups is 2. The second-order valence-electron chi connectivity index (χ2n) is 5.08. The van der Waals surface area contributed by atoms with Crippen LogP contribution >= 0.6 is 11.3 Å². The number of hydrogen-bond acceptors (Lipinski definition) is 4. The lowest BCUT2D eigenvalue weighted by molar-refractivity contribution is -0.121. The fourth-order valence-corrected chi connectivity index (χ4v) is 2.58. The number of carbonyl (C=O) groups excluding carboxylic acids is 2. The highest BCUT2D eigenvalue weighted by Crippen LogP contribution is 2.13. The number of hydrogen-bond donors (Lipinski definition) is 2. The molecule has 0 saturated carbocycles. The second kappa shape index (κ2) is 7.61. The molecule has 6 heteroatoms. The summed E-state index contributed by atoms with van der Waals surface area (Å²) in [6.45, 7) is 0. The second-order valence-corrected chi connectivity index (χ2v) is 5.86. The Hall–Kier alpha value is -2.34. The van der Waals surface area contributed by atoms with Crippen molar-refractivity contribution in [3.05, 3.63) is 52.2 Å². The Balaban J connectivity index is 1.81. The van der Waals surface area contributed by atoms with Crippen LogP contribution < -0.4 is 15.8 Å². The highest BCUT2D eigenvalue weighted by Gasteiger charge is 2.08. The first-order chi connectivity index (χ1) is 10.6. The summed E-state index contributed by atoms with van der Waals surface area (Å²) < 4.78 is 0. The van der Waals surface area contributed by atoms with Crippen LogP contribution in [0.15, 0.2) is 41.1 Å². The molecular weight excluding hydrogens is 298 g/mol. The highest BCUT2D eigenvalue weighted by molar-refractivity contribution is 7.07. The van der Waals surface area contributed by atoms with Gasteiger partial charge >= 0.3 is 0 Å². The van der Waals surface area contributed by atoms with Crippen LogP contribution in [-0.2, 0) is 11.2 Å². The molecule has 0 spiro atoms. The van der Waals surface area contributed by atoms with E-state index < -0.39 is 0 Å². The van der Waals surface area contributed by atoms with Gasteiger partial charge in [0, 0.05) is 31.8 Å². The summed E-state index contributed by atoms with van der Waals surface area (Å²) in [5.74, 6) is -0.532. The maximum absolute atomic E-state index is 12.0. The Labute approximate surface area is 133 Å². The highest BCUT2D eigenvalue weighted by atomic mass is 32.1. The minimum Gasteiger partial charge on any atom is -0.378 e. The van der Waals surface area contributed by atoms with Crippen molar-refractivity contribution in [2.24, 2.45) is 0 Å². The Morgan fingerprint density at radius 1 is 1.18 bits per heavy atom. The quantitative estimate of drug-likeness (QED) is 0.831. The first-order valence-electron chi connectivity index (χ1n) is 6.94. The van der Waals surface area contributed by atoms with Gasteiger partial charge in [-0.1, -0.05) is 6.07 Å². The standard InChI is InChI=1S/C16H19N3O2S/c1-19(2)14-5-3-4-13(10-14)16(21)18-17-15(20)7-6-12-8-9-22-11-12/h3-5,8-11H,6-7H2,1-2H3,(H,17,20)(H,18,21). The van der Waals surface area contributed by atoms with Crippen molar-refractivity contribution in [1.82, 2.24) is 10.9 Å². The zero-order valence-electron chi connectivity index (χ0n) is 12.6. The maximum atomic E-state index is 12.0. The molecule has 1 aromatic carbocycles. The molecule has 0 aliphatic heterocycles. The van der Waals surface area contributed by atoms with Crippen molar-refractivity contribution < 1.29 is 9.59 Å². The van der Waals surface area contributed by atoms with Gasteiger partial charge in [0.15, 0.2) is 0 Å². The van der Waals surface area contributed by atoms with Crippen LogP contribution in [0.2, 0.25) is 0 Å². The number of thiophene rings is 1. The molecule has 0 aliphatic rings. The molecule has 0 bridgehead atoms. The summed E-state index contributed by atoms with van der Waals surface area (Å²) in [6.07, 6.45) is 1.01. The Morgan fingerprint density at radius 3 is 2.68 bits per heavy atom. The summed E-state index contributed by atoms with van der Waals surface area (Å²) in [7, 11) is 3.81. The fourth-order valence-electron chi connectivity index (χ4n) is 1.88. The minimum absolute atomic E-state index is 0.205. The van der Waals surface area contributed by atoms with Gasteiger partial charge in [0.25, 0.3) is 5.91 Å². The van der Waals surface area contributed by atoms with Crippen molar-refractivity contribution in [3.63, 3.8) is 0 Å². The molecular formula is C16H19N3O2S. The van der Waals surface area contributed by atoms with Crippen molar-refractivity contribution >= 4 is 28.8 Å². The molecule has 1 aromatic heterocycles. The topological polar surface area (TPSA) is 61.4 Å². The van der Waals surface area contributed by atoms with Gasteiger partial charge in [-0.05, 0) is 47.0 Å². The first-order valence-corrected chi connectivity index (χ1v) is 7.88. The summed E-state index contributed by atoms with van der Waals surface area (Å²) in [6, 6.07) is 9.19. The predicted molar refractivity (Wildman–Crippen MR) is 89.0 cm³/mol. The third-order valence-electron chi connectivity index (χ3n) is 3.16. The summed E-state index contributed by atoms with van der Waals surface area (Å²) >= 11 is 1.60. The summed E-state index contributed by atoms with van der Waals surface area (Å²) in [5, 5.41) is 3.99. The normalized spacial score (nSPS) is 10.1. The number of amides is 2. The Kier molecular flexibility index (Phi) is 5.55. The van der Waals surface area contributed by atoms with Crippen LogP contribution in [0.1, 0.15) is 22.3 Å². The number of hydrazine groups is 1. The number of benzene rings is 1. The van der Waals surface area contributed by atoms with Gasteiger partial charge in [-0.3, -0.25) is 20.4 Å². The van der Waals surface area contributed by atoms with Gasteiger partial charge in [-0.2, -0.15) is 11.3 Å². The lowest BCUT2D eigenvalue weighted by Crippen LogP contribution is -2.41. The summed E-state index contributed by atoms with van der Waals surface area (Å²) in [4.78, 5) is 25.6. The Morgan fingerprint density at radius 2 is 2.00 bits per heavy atom. The molecule has 2 amide bonds. The van der Waals surface area contributed by atoms with E-state index in [1.165, 1.54) is 0 Å². The van der Waals surface area contributed by atoms with Crippen LogP contribution in [0.5, 0.6) is 0 Å². The van der Waals surface area contributed by atoms with Gasteiger partial charge in [-0.25, -0.2) is 0 Å². The third kappa shape index (κ3) is 4.60. The zero-order chi connectivity index (χ0) is 15.9. The van der Waals surface area contributed by atoms with Crippen LogP contribution in [0.25, 0.3) is 0 Å². The van der Waals surface area contributed by atoms with Gasteiger partial charge < -0.3 is 4.90 Å². The molecule has 116 valence electrons. The predicted octanol–water partition coefficient (Wildman–Crippen LogP) is 2.21. The molecule has 0 fully saturated rings. The largest absolute Gasteiger partial charge is 0.378 e. The van der Waals surface area contributed by atoms with Crippen molar-refractivity contribution in [1.29, 1.82) is 0 Å². The molecule has 0 saturated heterocycles. The lowest BCUT2D eigenvalue weighted by Gasteiger charge is -2.13. The molecule has 0 radical (unpaired) electrons. The van der Waals surface area contributed by atoms with Crippen LogP contribution in [0, 0.1) is 0 Å². The smallest absolute Gasteiger partial charge is 0.269 e. The monoisotopic (exact) mass is 317 g/mol. The van der Waals surface area contributed by atoms with Crippen molar-refractivity contribution in [2.45, 2.75) is 12.8 Å². The number of nitrogens with one attached hydrogen (secondary N) is 2. The number of anilines is 1. The van der Waals surface area contributed by atoms with E-state index in [9.17, 15) is 9.59 Å². The van der Waals surface area contributed by atoms with Gasteiger partial charge in [0.05, 0.1) is 0 Å². The summed E-state index contributed by atoms with van der Waals surface area (Å²) in [5.41, 5.74) is 7.44. The van der Waals surface area contributed by atoms with E-state index in [1.807, 2.05) is 48.0 Å². The van der Waals surface area contributed by atoms with Crippen LogP contribution in [0.4, 0.5) is 5.69 Å². The molecule has 2 aromatic rings. The van der Waals surface area contributed by atoms with E-state index in [4.69, 9.17) is 0 Å². The molecule has 0 unspecified atom stereocenters. The molecule has 2 N–H and O–H groups in total. The van der Waals surface area contributed by atoms with E-state index in [0.29, 0.717) is 18.4 Å². The van der Waals surface area contributed by atoms with E-state index in [0.717, 1.165) is 11.3 Å². The average molecular weight is 317 g/mol. The van der Waals surface area contributed by atoms with E-state index in [2.05, 4.69) is 10.9 Å². The van der Waals surface area contributed by atoms with Gasteiger partial charge in [0.2, 0.25) is 5.91 Å². The lowest BCUT2D eigenvalue weighted by atomic mass is 10.2. The molecule has 1 heterocycles. The Bertz CT molecular complexity index is 639. The molecule has 22 heavy (non-hydrogen) atoms. The minimum atomic E-state index is -0.326. The van der Waals surface area contributed by atoms with Crippen molar-refractivity contribution in [3.8, 4) is 0 Å². The van der Waals surface area contributed by atoms with Crippen molar-refractivity contribution in [2.75, 3.05) is 19.0 Å². The van der Waals surface area contributed by atoms with Gasteiger partial charge in [0.1, 0.15) is 0 Å². The number of rotatable bonds is 5. The molecule has 0 aliphatic carbocycles. The molecule has 0 atom stereocenters. The number of nitrogens with zero attached hydrogens (tertiary/aromatic N) is 1. The van der Waals surface area contributed by atoms with E-state index in [-0.39, 0.29) is 11.8 Å².